The van der Waals surface area contributed by atoms with Crippen LogP contribution in [-0.4, -0.2) is 24.3 Å². The van der Waals surface area contributed by atoms with Crippen LogP contribution < -0.4 is 15.9 Å². The summed E-state index contributed by atoms with van der Waals surface area (Å²) in [6, 6.07) is 3.27. The van der Waals surface area contributed by atoms with Gasteiger partial charge in [0.05, 0.1) is 7.11 Å². The van der Waals surface area contributed by atoms with Gasteiger partial charge in [-0.3, -0.25) is 0 Å². The first kappa shape index (κ1) is 11.0. The third kappa shape index (κ3) is 2.06. The van der Waals surface area contributed by atoms with Crippen LogP contribution in [0.15, 0.2) is 12.1 Å². The molecule has 0 spiro atoms. The molecule has 1 aromatic carbocycles. The lowest BCUT2D eigenvalue weighted by Crippen LogP contribution is -2.30. The summed E-state index contributed by atoms with van der Waals surface area (Å²) in [7, 11) is 0.0518. The van der Waals surface area contributed by atoms with Crippen LogP contribution in [0.5, 0.6) is 5.75 Å². The van der Waals surface area contributed by atoms with E-state index in [0.29, 0.717) is 17.8 Å². The lowest BCUT2D eigenvalue weighted by atomic mass is 9.78. The van der Waals surface area contributed by atoms with Gasteiger partial charge in [-0.15, -0.1) is 0 Å². The van der Waals surface area contributed by atoms with Crippen LogP contribution in [0, 0.1) is 6.92 Å². The Kier molecular flexibility index (Phi) is 3.52. The Balaban J connectivity index is 3.24. The molecule has 0 bridgehead atoms. The largest absolute Gasteiger partial charge is 0.496 e. The normalized spacial score (nSPS) is 10.1. The fourth-order valence-corrected chi connectivity index (χ4v) is 1.40. The number of hydrogen-bond donors (Lipinski definition) is 3. The van der Waals surface area contributed by atoms with Gasteiger partial charge in [0.1, 0.15) is 5.75 Å². The first-order valence-corrected chi connectivity index (χ1v) is 4.33. The molecular weight excluding hydrogens is 181 g/mol. The maximum absolute atomic E-state index is 9.00. The molecule has 4 nitrogen and oxygen atoms in total. The summed E-state index contributed by atoms with van der Waals surface area (Å²) in [5, 5.41) is 18.0. The summed E-state index contributed by atoms with van der Waals surface area (Å²) < 4.78 is 5.11. The average molecular weight is 195 g/mol. The minimum atomic E-state index is -1.48. The molecule has 1 aromatic rings. The topological polar surface area (TPSA) is 75.7 Å². The Bertz CT molecular complexity index is 328. The van der Waals surface area contributed by atoms with Crippen molar-refractivity contribution in [3.8, 4) is 5.75 Å². The zero-order valence-corrected chi connectivity index (χ0v) is 8.32. The van der Waals surface area contributed by atoms with Gasteiger partial charge < -0.3 is 20.5 Å². The van der Waals surface area contributed by atoms with Crippen molar-refractivity contribution < 1.29 is 14.8 Å². The van der Waals surface area contributed by atoms with Gasteiger partial charge in [0, 0.05) is 12.1 Å². The highest BCUT2D eigenvalue weighted by molar-refractivity contribution is 6.58. The number of methoxy groups -OCH3 is 1. The van der Waals surface area contributed by atoms with Gasteiger partial charge >= 0.3 is 7.12 Å². The fraction of sp³-hybridized carbons (Fsp3) is 0.333. The van der Waals surface area contributed by atoms with E-state index < -0.39 is 7.12 Å². The molecular formula is C9H14BNO3. The van der Waals surface area contributed by atoms with Crippen molar-refractivity contribution in [2.24, 2.45) is 5.73 Å². The molecule has 0 amide bonds. The monoisotopic (exact) mass is 195 g/mol. The van der Waals surface area contributed by atoms with Crippen molar-refractivity contribution in [3.05, 3.63) is 23.3 Å². The van der Waals surface area contributed by atoms with Crippen molar-refractivity contribution in [2.75, 3.05) is 7.11 Å². The molecule has 76 valence electrons. The van der Waals surface area contributed by atoms with E-state index in [1.807, 2.05) is 6.92 Å². The molecule has 0 aliphatic carbocycles. The number of nitrogens with two attached hydrogens (primary N) is 1. The molecule has 14 heavy (non-hydrogen) atoms. The standard InChI is InChI=1S/C9H14BNO3/c1-6-3-7(10(12)13)4-9(14-2)8(6)5-11/h3-4,12-13H,5,11H2,1-2H3. The van der Waals surface area contributed by atoms with E-state index in [4.69, 9.17) is 20.5 Å². The number of hydrogen-bond acceptors (Lipinski definition) is 4. The zero-order chi connectivity index (χ0) is 10.7. The third-order valence-corrected chi connectivity index (χ3v) is 2.18. The van der Waals surface area contributed by atoms with Crippen molar-refractivity contribution in [2.45, 2.75) is 13.5 Å². The van der Waals surface area contributed by atoms with E-state index in [-0.39, 0.29) is 0 Å². The second kappa shape index (κ2) is 4.46. The molecule has 0 fully saturated rings. The number of aryl methyl sites for hydroxylation is 1. The Morgan fingerprint density at radius 3 is 2.50 bits per heavy atom. The molecule has 5 heteroatoms. The van der Waals surface area contributed by atoms with Gasteiger partial charge in [0.2, 0.25) is 0 Å². The molecule has 1 rings (SSSR count). The van der Waals surface area contributed by atoms with E-state index in [1.54, 1.807) is 12.1 Å². The van der Waals surface area contributed by atoms with Gasteiger partial charge in [-0.2, -0.15) is 0 Å². The summed E-state index contributed by atoms with van der Waals surface area (Å²) in [5.74, 6) is 0.593. The molecule has 0 aliphatic heterocycles. The Hall–Kier alpha value is -1.04. The zero-order valence-electron chi connectivity index (χ0n) is 8.32. The highest BCUT2D eigenvalue weighted by Crippen LogP contribution is 2.19. The molecule has 0 saturated carbocycles. The van der Waals surface area contributed by atoms with Crippen molar-refractivity contribution in [1.29, 1.82) is 0 Å². The lowest BCUT2D eigenvalue weighted by molar-refractivity contribution is 0.407. The van der Waals surface area contributed by atoms with Gasteiger partial charge in [0.15, 0.2) is 0 Å². The average Bonchev–Trinajstić information content (AvgIpc) is 2.16. The van der Waals surface area contributed by atoms with Crippen LogP contribution >= 0.6 is 0 Å². The van der Waals surface area contributed by atoms with E-state index in [1.165, 1.54) is 7.11 Å². The van der Waals surface area contributed by atoms with Crippen LogP contribution in [0.1, 0.15) is 11.1 Å². The number of benzene rings is 1. The maximum atomic E-state index is 9.00. The molecule has 0 saturated heterocycles. The second-order valence-electron chi connectivity index (χ2n) is 3.10. The van der Waals surface area contributed by atoms with Gasteiger partial charge in [-0.25, -0.2) is 0 Å². The lowest BCUT2D eigenvalue weighted by Gasteiger charge is -2.12. The quantitative estimate of drug-likeness (QED) is 0.548. The van der Waals surface area contributed by atoms with Gasteiger partial charge in [-0.1, -0.05) is 6.07 Å². The van der Waals surface area contributed by atoms with Crippen LogP contribution in [-0.2, 0) is 6.54 Å². The highest BCUT2D eigenvalue weighted by atomic mass is 16.5. The Morgan fingerprint density at radius 1 is 1.43 bits per heavy atom. The van der Waals surface area contributed by atoms with E-state index in [2.05, 4.69) is 0 Å². The van der Waals surface area contributed by atoms with Crippen LogP contribution in [0.2, 0.25) is 0 Å². The Labute approximate surface area is 83.5 Å². The molecule has 0 aromatic heterocycles. The van der Waals surface area contributed by atoms with E-state index in [9.17, 15) is 0 Å². The van der Waals surface area contributed by atoms with Crippen molar-refractivity contribution in [3.63, 3.8) is 0 Å². The maximum Gasteiger partial charge on any atom is 0.488 e. The summed E-state index contributed by atoms with van der Waals surface area (Å²) in [6.07, 6.45) is 0. The summed E-state index contributed by atoms with van der Waals surface area (Å²) in [5.41, 5.74) is 7.75. The van der Waals surface area contributed by atoms with Gasteiger partial charge in [-0.05, 0) is 24.0 Å². The molecule has 0 heterocycles. The number of rotatable bonds is 3. The van der Waals surface area contributed by atoms with E-state index >= 15 is 0 Å². The predicted octanol–water partition coefficient (Wildman–Crippen LogP) is -0.858. The predicted molar refractivity (Wildman–Crippen MR) is 55.4 cm³/mol. The SMILES string of the molecule is COc1cc(B(O)O)cc(C)c1CN. The first-order chi connectivity index (χ1) is 6.60. The Morgan fingerprint density at radius 2 is 2.07 bits per heavy atom. The van der Waals surface area contributed by atoms with Crippen LogP contribution in [0.3, 0.4) is 0 Å². The van der Waals surface area contributed by atoms with Crippen molar-refractivity contribution in [1.82, 2.24) is 0 Å². The minimum Gasteiger partial charge on any atom is -0.496 e. The third-order valence-electron chi connectivity index (χ3n) is 2.18. The number of ether oxygens (including phenoxy) is 1. The summed E-state index contributed by atoms with van der Waals surface area (Å²) in [6.45, 7) is 2.23. The molecule has 0 atom stereocenters. The fourth-order valence-electron chi connectivity index (χ4n) is 1.40. The second-order valence-corrected chi connectivity index (χ2v) is 3.10. The molecule has 0 aliphatic rings. The minimum absolute atomic E-state index is 0.372. The van der Waals surface area contributed by atoms with Gasteiger partial charge in [0.25, 0.3) is 0 Å². The highest BCUT2D eigenvalue weighted by Gasteiger charge is 2.15. The molecule has 0 unspecified atom stereocenters. The van der Waals surface area contributed by atoms with E-state index in [0.717, 1.165) is 11.1 Å². The molecule has 4 N–H and O–H groups in total. The smallest absolute Gasteiger partial charge is 0.488 e. The summed E-state index contributed by atoms with van der Waals surface area (Å²) in [4.78, 5) is 0. The first-order valence-electron chi connectivity index (χ1n) is 4.33. The van der Waals surface area contributed by atoms with Crippen LogP contribution in [0.4, 0.5) is 0 Å². The van der Waals surface area contributed by atoms with Crippen molar-refractivity contribution >= 4 is 12.6 Å². The van der Waals surface area contributed by atoms with Crippen LogP contribution in [0.25, 0.3) is 0 Å². The summed E-state index contributed by atoms with van der Waals surface area (Å²) >= 11 is 0. The molecule has 0 radical (unpaired) electrons.